The molecule has 110 valence electrons. The van der Waals surface area contributed by atoms with Crippen LogP contribution >= 0.6 is 0 Å². The molecule has 0 saturated heterocycles. The Morgan fingerprint density at radius 1 is 1.19 bits per heavy atom. The SMILES string of the molecule is CC(Oc1ccc(CO)cc1)C(=O)Nc1ccc(N)cc1. The van der Waals surface area contributed by atoms with Gasteiger partial charge < -0.3 is 20.9 Å². The highest BCUT2D eigenvalue weighted by atomic mass is 16.5. The molecule has 0 bridgehead atoms. The van der Waals surface area contributed by atoms with E-state index >= 15 is 0 Å². The minimum atomic E-state index is -0.637. The lowest BCUT2D eigenvalue weighted by Crippen LogP contribution is -2.30. The molecular weight excluding hydrogens is 268 g/mol. The molecular formula is C16H18N2O3. The molecule has 1 atom stereocenters. The topological polar surface area (TPSA) is 84.6 Å². The Kier molecular flexibility index (Phi) is 4.79. The van der Waals surface area contributed by atoms with Crippen LogP contribution in [0.4, 0.5) is 11.4 Å². The molecule has 5 heteroatoms. The van der Waals surface area contributed by atoms with E-state index in [1.165, 1.54) is 0 Å². The van der Waals surface area contributed by atoms with Gasteiger partial charge in [-0.15, -0.1) is 0 Å². The zero-order chi connectivity index (χ0) is 15.2. The van der Waals surface area contributed by atoms with E-state index in [1.54, 1.807) is 55.5 Å². The van der Waals surface area contributed by atoms with E-state index < -0.39 is 6.10 Å². The number of hydrogen-bond acceptors (Lipinski definition) is 4. The fourth-order valence-corrected chi connectivity index (χ4v) is 1.74. The zero-order valence-corrected chi connectivity index (χ0v) is 11.7. The van der Waals surface area contributed by atoms with Crippen molar-refractivity contribution >= 4 is 17.3 Å². The minimum absolute atomic E-state index is 0.0204. The number of anilines is 2. The van der Waals surface area contributed by atoms with Crippen molar-refractivity contribution in [2.24, 2.45) is 0 Å². The summed E-state index contributed by atoms with van der Waals surface area (Å²) in [7, 11) is 0. The van der Waals surface area contributed by atoms with E-state index in [0.29, 0.717) is 17.1 Å². The average molecular weight is 286 g/mol. The zero-order valence-electron chi connectivity index (χ0n) is 11.7. The largest absolute Gasteiger partial charge is 0.481 e. The number of nitrogen functional groups attached to an aromatic ring is 1. The summed E-state index contributed by atoms with van der Waals surface area (Å²) in [6.07, 6.45) is -0.637. The van der Waals surface area contributed by atoms with E-state index in [0.717, 1.165) is 5.56 Å². The highest BCUT2D eigenvalue weighted by Gasteiger charge is 2.14. The fraction of sp³-hybridized carbons (Fsp3) is 0.188. The molecule has 0 heterocycles. The van der Waals surface area contributed by atoms with Gasteiger partial charge in [-0.05, 0) is 48.9 Å². The summed E-state index contributed by atoms with van der Waals surface area (Å²) in [5, 5.41) is 11.7. The molecule has 1 amide bonds. The van der Waals surface area contributed by atoms with Crippen molar-refractivity contribution in [2.45, 2.75) is 19.6 Å². The van der Waals surface area contributed by atoms with Crippen LogP contribution in [0.2, 0.25) is 0 Å². The second-order valence-electron chi connectivity index (χ2n) is 4.67. The maximum absolute atomic E-state index is 12.0. The van der Waals surface area contributed by atoms with Crippen molar-refractivity contribution in [3.05, 3.63) is 54.1 Å². The average Bonchev–Trinajstić information content (AvgIpc) is 2.50. The molecule has 2 rings (SSSR count). The van der Waals surface area contributed by atoms with Gasteiger partial charge in [0.05, 0.1) is 6.61 Å². The Hall–Kier alpha value is -2.53. The molecule has 0 aliphatic heterocycles. The van der Waals surface area contributed by atoms with Gasteiger partial charge in [0, 0.05) is 11.4 Å². The van der Waals surface area contributed by atoms with Crippen LogP contribution in [0, 0.1) is 0 Å². The lowest BCUT2D eigenvalue weighted by atomic mass is 10.2. The standard InChI is InChI=1S/C16H18N2O3/c1-11(21-15-8-2-12(10-19)3-9-15)16(20)18-14-6-4-13(17)5-7-14/h2-9,11,19H,10,17H2,1H3,(H,18,20). The summed E-state index contributed by atoms with van der Waals surface area (Å²) in [4.78, 5) is 12.0. The Morgan fingerprint density at radius 3 is 2.38 bits per heavy atom. The molecule has 0 radical (unpaired) electrons. The highest BCUT2D eigenvalue weighted by molar-refractivity contribution is 5.94. The molecule has 5 nitrogen and oxygen atoms in total. The van der Waals surface area contributed by atoms with Gasteiger partial charge in [-0.2, -0.15) is 0 Å². The van der Waals surface area contributed by atoms with Gasteiger partial charge in [0.15, 0.2) is 6.10 Å². The molecule has 4 N–H and O–H groups in total. The maximum atomic E-state index is 12.0. The number of nitrogens with one attached hydrogen (secondary N) is 1. The van der Waals surface area contributed by atoms with Crippen molar-refractivity contribution in [1.82, 2.24) is 0 Å². The number of carbonyl (C=O) groups excluding carboxylic acids is 1. The predicted molar refractivity (Wildman–Crippen MR) is 81.9 cm³/mol. The van der Waals surface area contributed by atoms with Crippen LogP contribution in [0.3, 0.4) is 0 Å². The second kappa shape index (κ2) is 6.76. The number of aliphatic hydroxyl groups excluding tert-OH is 1. The molecule has 0 aromatic heterocycles. The van der Waals surface area contributed by atoms with Crippen LogP contribution in [0.15, 0.2) is 48.5 Å². The first-order valence-electron chi connectivity index (χ1n) is 6.61. The van der Waals surface area contributed by atoms with Gasteiger partial charge in [-0.3, -0.25) is 4.79 Å². The van der Waals surface area contributed by atoms with Crippen molar-refractivity contribution in [2.75, 3.05) is 11.1 Å². The van der Waals surface area contributed by atoms with Gasteiger partial charge in [0.2, 0.25) is 0 Å². The third-order valence-electron chi connectivity index (χ3n) is 2.97. The number of ether oxygens (including phenoxy) is 1. The molecule has 0 fully saturated rings. The molecule has 0 aliphatic rings. The minimum Gasteiger partial charge on any atom is -0.481 e. The van der Waals surface area contributed by atoms with E-state index in [9.17, 15) is 4.79 Å². The van der Waals surface area contributed by atoms with E-state index in [4.69, 9.17) is 15.6 Å². The molecule has 2 aromatic carbocycles. The third-order valence-corrected chi connectivity index (χ3v) is 2.97. The quantitative estimate of drug-likeness (QED) is 0.735. The first kappa shape index (κ1) is 14.9. The Bertz CT molecular complexity index is 594. The van der Waals surface area contributed by atoms with Crippen LogP contribution in [-0.2, 0) is 11.4 Å². The van der Waals surface area contributed by atoms with Crippen LogP contribution in [0.1, 0.15) is 12.5 Å². The van der Waals surface area contributed by atoms with E-state index in [-0.39, 0.29) is 12.5 Å². The van der Waals surface area contributed by atoms with Crippen LogP contribution < -0.4 is 15.8 Å². The number of aliphatic hydroxyl groups is 1. The van der Waals surface area contributed by atoms with Crippen molar-refractivity contribution in [3.8, 4) is 5.75 Å². The van der Waals surface area contributed by atoms with Gasteiger partial charge in [0.1, 0.15) is 5.75 Å². The van der Waals surface area contributed by atoms with Crippen LogP contribution in [0.25, 0.3) is 0 Å². The van der Waals surface area contributed by atoms with E-state index in [1.807, 2.05) is 0 Å². The predicted octanol–water partition coefficient (Wildman–Crippen LogP) is 2.17. The lowest BCUT2D eigenvalue weighted by molar-refractivity contribution is -0.122. The van der Waals surface area contributed by atoms with Crippen molar-refractivity contribution in [1.29, 1.82) is 0 Å². The summed E-state index contributed by atoms with van der Waals surface area (Å²) < 4.78 is 5.55. The highest BCUT2D eigenvalue weighted by Crippen LogP contribution is 2.15. The smallest absolute Gasteiger partial charge is 0.265 e. The summed E-state index contributed by atoms with van der Waals surface area (Å²) >= 11 is 0. The van der Waals surface area contributed by atoms with Gasteiger partial charge in [-0.25, -0.2) is 0 Å². The number of nitrogens with two attached hydrogens (primary N) is 1. The summed E-state index contributed by atoms with van der Waals surface area (Å²) in [6, 6.07) is 13.8. The number of carbonyl (C=O) groups is 1. The van der Waals surface area contributed by atoms with Crippen molar-refractivity contribution < 1.29 is 14.6 Å². The Balaban J connectivity index is 1.93. The van der Waals surface area contributed by atoms with Gasteiger partial charge in [0.25, 0.3) is 5.91 Å². The molecule has 0 saturated carbocycles. The van der Waals surface area contributed by atoms with Gasteiger partial charge >= 0.3 is 0 Å². The summed E-state index contributed by atoms with van der Waals surface area (Å²) in [5.41, 5.74) is 7.69. The lowest BCUT2D eigenvalue weighted by Gasteiger charge is -2.15. The molecule has 0 aliphatic carbocycles. The number of amides is 1. The van der Waals surface area contributed by atoms with Gasteiger partial charge in [-0.1, -0.05) is 12.1 Å². The second-order valence-corrected chi connectivity index (χ2v) is 4.67. The molecule has 1 unspecified atom stereocenters. The monoisotopic (exact) mass is 286 g/mol. The summed E-state index contributed by atoms with van der Waals surface area (Å²) in [6.45, 7) is 1.65. The summed E-state index contributed by atoms with van der Waals surface area (Å²) in [5.74, 6) is 0.332. The first-order chi connectivity index (χ1) is 10.1. The first-order valence-corrected chi connectivity index (χ1v) is 6.61. The third kappa shape index (κ3) is 4.22. The van der Waals surface area contributed by atoms with Crippen molar-refractivity contribution in [3.63, 3.8) is 0 Å². The Morgan fingerprint density at radius 2 is 1.81 bits per heavy atom. The normalized spacial score (nSPS) is 11.7. The molecule has 21 heavy (non-hydrogen) atoms. The number of benzene rings is 2. The fourth-order valence-electron chi connectivity index (χ4n) is 1.74. The van der Waals surface area contributed by atoms with Crippen LogP contribution in [0.5, 0.6) is 5.75 Å². The van der Waals surface area contributed by atoms with Crippen LogP contribution in [-0.4, -0.2) is 17.1 Å². The van der Waals surface area contributed by atoms with E-state index in [2.05, 4.69) is 5.32 Å². The maximum Gasteiger partial charge on any atom is 0.265 e. The molecule has 2 aromatic rings. The Labute approximate surface area is 123 Å². The molecule has 0 spiro atoms. The number of hydrogen-bond donors (Lipinski definition) is 3. The number of rotatable bonds is 5.